The van der Waals surface area contributed by atoms with E-state index in [1.807, 2.05) is 0 Å². The van der Waals surface area contributed by atoms with Crippen molar-refractivity contribution in [3.63, 3.8) is 0 Å². The summed E-state index contributed by atoms with van der Waals surface area (Å²) in [6.45, 7) is 48.4. The zero-order valence-electron chi connectivity index (χ0n) is 66.2. The summed E-state index contributed by atoms with van der Waals surface area (Å²) in [6.07, 6.45) is -44.4. The molecule has 0 aliphatic heterocycles. The number of hydrogen-bond acceptors (Lipinski definition) is 0. The molecular formula is C80H95F27Si5. The van der Waals surface area contributed by atoms with Gasteiger partial charge in [0.15, 0.2) is 0 Å². The molecule has 624 valence electrons. The third kappa shape index (κ3) is 34.2. The van der Waals surface area contributed by atoms with Crippen molar-refractivity contribution in [3.05, 3.63) is 252 Å². The summed E-state index contributed by atoms with van der Waals surface area (Å²) >= 11 is 0. The molecular weight excluding hydrogens is 1610 g/mol. The third-order valence-corrected chi connectivity index (χ3v) is 27.2. The van der Waals surface area contributed by atoms with E-state index in [1.54, 1.807) is 31.5 Å². The second-order valence-corrected chi connectivity index (χ2v) is 56.8. The number of halogens is 27. The first-order chi connectivity index (χ1) is 49.8. The minimum Gasteiger partial charge on any atom is -0.166 e. The number of benzene rings is 8. The second kappa shape index (κ2) is 38.6. The van der Waals surface area contributed by atoms with Crippen LogP contribution in [0.5, 0.6) is 0 Å². The van der Waals surface area contributed by atoms with Gasteiger partial charge in [-0.3, -0.25) is 0 Å². The highest BCUT2D eigenvalue weighted by Gasteiger charge is 2.45. The van der Waals surface area contributed by atoms with Crippen molar-refractivity contribution < 1.29 is 119 Å². The van der Waals surface area contributed by atoms with Crippen LogP contribution in [0.2, 0.25) is 98.2 Å². The molecule has 8 rings (SSSR count). The maximum absolute atomic E-state index is 12.5. The average Bonchev–Trinajstić information content (AvgIpc) is 0.807. The Morgan fingerprint density at radius 2 is 0.500 bits per heavy atom. The number of hydrogen-bond donors (Lipinski definition) is 0. The molecule has 0 amide bonds. The van der Waals surface area contributed by atoms with Crippen LogP contribution in [0.15, 0.2) is 158 Å². The van der Waals surface area contributed by atoms with E-state index < -0.39 is 157 Å². The fourth-order valence-electron chi connectivity index (χ4n) is 10.8. The Morgan fingerprint density at radius 1 is 0.188 bits per heavy atom. The molecule has 0 aromatic heterocycles. The lowest BCUT2D eigenvalue weighted by atomic mass is 9.97. The Labute approximate surface area is 643 Å². The van der Waals surface area contributed by atoms with Crippen LogP contribution in [0.1, 0.15) is 94.6 Å². The summed E-state index contributed by atoms with van der Waals surface area (Å²) in [5.74, 6) is 0. The third-order valence-electron chi connectivity index (χ3n) is 16.6. The van der Waals surface area contributed by atoms with Gasteiger partial charge >= 0.3 is 55.6 Å². The van der Waals surface area contributed by atoms with E-state index in [1.165, 1.54) is 23.6 Å². The molecule has 0 heterocycles. The van der Waals surface area contributed by atoms with Gasteiger partial charge in [-0.2, -0.15) is 119 Å². The van der Waals surface area contributed by atoms with E-state index >= 15 is 0 Å². The van der Waals surface area contributed by atoms with E-state index in [9.17, 15) is 119 Å². The molecule has 0 radical (unpaired) electrons. The van der Waals surface area contributed by atoms with E-state index in [0.717, 1.165) is 26.0 Å². The van der Waals surface area contributed by atoms with Gasteiger partial charge in [-0.15, -0.1) is 0 Å². The van der Waals surface area contributed by atoms with Crippen molar-refractivity contribution in [1.82, 2.24) is 0 Å². The molecule has 0 saturated heterocycles. The first-order valence-electron chi connectivity index (χ1n) is 34.2. The van der Waals surface area contributed by atoms with Crippen molar-refractivity contribution in [1.29, 1.82) is 0 Å². The highest BCUT2D eigenvalue weighted by molar-refractivity contribution is 6.92. The summed E-state index contributed by atoms with van der Waals surface area (Å²) in [7, 11) is -5.53. The molecule has 0 nitrogen and oxygen atoms in total. The van der Waals surface area contributed by atoms with Crippen LogP contribution in [0.25, 0.3) is 0 Å². The van der Waals surface area contributed by atoms with Crippen LogP contribution < -0.4 is 25.9 Å². The minimum absolute atomic E-state index is 0.0721. The van der Waals surface area contributed by atoms with E-state index in [2.05, 4.69) is 217 Å². The van der Waals surface area contributed by atoms with Gasteiger partial charge in [0.25, 0.3) is 0 Å². The average molecular weight is 1710 g/mol. The fraction of sp³-hybridized carbons (Fsp3) is 0.400. The predicted molar refractivity (Wildman–Crippen MR) is 409 cm³/mol. The van der Waals surface area contributed by atoms with E-state index in [4.69, 9.17) is 0 Å². The molecule has 8 aromatic carbocycles. The molecule has 0 saturated carbocycles. The molecule has 0 unspecified atom stereocenters. The van der Waals surface area contributed by atoms with Crippen LogP contribution in [-0.2, 0) is 55.6 Å². The number of alkyl halides is 27. The maximum atomic E-state index is 12.5. The Kier molecular flexibility index (Phi) is 35.5. The molecule has 0 N–H and O–H groups in total. The smallest absolute Gasteiger partial charge is 0.166 e. The summed E-state index contributed by atoms with van der Waals surface area (Å²) in [5.41, 5.74) is -10.1. The number of rotatable bonds is 5. The zero-order valence-corrected chi connectivity index (χ0v) is 71.2. The molecule has 32 heteroatoms. The second-order valence-electron chi connectivity index (χ2n) is 31.6. The van der Waals surface area contributed by atoms with E-state index in [-0.39, 0.29) is 35.4 Å². The standard InChI is InChI=1S/C13H24Si2.C10H5F9.3C10H16Si.3C9H6F6/c1-11-12(14(2,3)4)9-8-10-13(11)15(5,6)7;1-4-6(9(14,15)16)2-5(8(11,12)13)3-7(4)10(17,18)19;1-9-5-7-10(8-6-9)11(2,3)4;1-9-6-5-7-10(8-9)11(2,3)4;1-9-7-5-6-8-10(9)11(2,3)4;1-5-2-6(8(10,11)12)4-7(3-5)9(13,14)15;1-5-2-3-6(8(10,11)12)4-7(5)9(13,14)15;1-5-6(8(10,11)12)3-2-4-7(5)9(13,14)15/h8-10H,1-7H3;2-3H,1H3;3*5-8H,1-4H3;3*2-4H,1H3. The van der Waals surface area contributed by atoms with Gasteiger partial charge in [0, 0.05) is 0 Å². The van der Waals surface area contributed by atoms with Crippen molar-refractivity contribution >= 4 is 66.3 Å². The van der Waals surface area contributed by atoms with Crippen molar-refractivity contribution in [3.8, 4) is 0 Å². The normalized spacial score (nSPS) is 12.7. The topological polar surface area (TPSA) is 0 Å². The van der Waals surface area contributed by atoms with E-state index in [0.29, 0.717) is 37.3 Å². The largest absolute Gasteiger partial charge is 0.416 e. The van der Waals surface area contributed by atoms with Crippen molar-refractivity contribution in [2.45, 2.75) is 209 Å². The predicted octanol–water partition coefficient (Wildman–Crippen LogP) is 27.9. The van der Waals surface area contributed by atoms with Crippen LogP contribution in [0, 0.1) is 55.4 Å². The molecule has 112 heavy (non-hydrogen) atoms. The van der Waals surface area contributed by atoms with Gasteiger partial charge in [0.2, 0.25) is 0 Å². The molecule has 0 atom stereocenters. The number of aryl methyl sites for hydroxylation is 5. The summed E-state index contributed by atoms with van der Waals surface area (Å²) < 4.78 is 331. The fourth-order valence-corrected chi connectivity index (χ4v) is 18.9. The minimum atomic E-state index is -5.30. The molecule has 0 aliphatic carbocycles. The zero-order chi connectivity index (χ0) is 88.1. The SMILES string of the molecule is Cc1c(C(F)(F)F)cc(C(F)(F)F)cc1C(F)(F)F.Cc1c(C(F)(F)F)cccc1C(F)(F)F.Cc1c([Si](C)(C)C)cccc1[Si](C)(C)C.Cc1cc(C(F)(F)F)cc(C(F)(F)F)c1.Cc1ccc(C(F)(F)F)cc1C(F)(F)F.Cc1ccc([Si](C)(C)C)cc1.Cc1cccc([Si](C)(C)C)c1.Cc1ccccc1[Si](C)(C)C. The van der Waals surface area contributed by atoms with Gasteiger partial charge in [-0.05, 0) is 132 Å². The first kappa shape index (κ1) is 103. The molecule has 8 aromatic rings. The summed E-state index contributed by atoms with van der Waals surface area (Å²) in [6, 6.07) is 37.8. The van der Waals surface area contributed by atoms with Crippen LogP contribution in [-0.4, -0.2) is 40.4 Å². The Balaban J connectivity index is 0.000000644. The molecule has 0 fully saturated rings. The highest BCUT2D eigenvalue weighted by atomic mass is 28.3. The van der Waals surface area contributed by atoms with Gasteiger partial charge < -0.3 is 0 Å². The van der Waals surface area contributed by atoms with Crippen molar-refractivity contribution in [2.24, 2.45) is 0 Å². The quantitative estimate of drug-likeness (QED) is 0.119. The van der Waals surface area contributed by atoms with Gasteiger partial charge in [0.05, 0.1) is 90.4 Å². The van der Waals surface area contributed by atoms with Crippen LogP contribution in [0.4, 0.5) is 119 Å². The van der Waals surface area contributed by atoms with Gasteiger partial charge in [0.1, 0.15) is 0 Å². The van der Waals surface area contributed by atoms with Gasteiger partial charge in [-0.25, -0.2) is 0 Å². The van der Waals surface area contributed by atoms with Gasteiger partial charge in [-0.1, -0.05) is 250 Å². The summed E-state index contributed by atoms with van der Waals surface area (Å²) in [4.78, 5) is 0. The lowest BCUT2D eigenvalue weighted by molar-refractivity contribution is -0.150. The lowest BCUT2D eigenvalue weighted by Gasteiger charge is -2.26. The highest BCUT2D eigenvalue weighted by Crippen LogP contribution is 2.45. The molecule has 0 spiro atoms. The Hall–Kier alpha value is -7.05. The van der Waals surface area contributed by atoms with Crippen LogP contribution >= 0.6 is 0 Å². The monoisotopic (exact) mass is 1710 g/mol. The van der Waals surface area contributed by atoms with Crippen LogP contribution in [0.3, 0.4) is 0 Å². The molecule has 0 bridgehead atoms. The Morgan fingerprint density at radius 3 is 0.804 bits per heavy atom. The summed E-state index contributed by atoms with van der Waals surface area (Å²) in [5, 5.41) is 7.96. The Bertz CT molecular complexity index is 4080. The lowest BCUT2D eigenvalue weighted by Crippen LogP contribution is -2.48. The maximum Gasteiger partial charge on any atom is 0.416 e. The van der Waals surface area contributed by atoms with Crippen molar-refractivity contribution in [2.75, 3.05) is 0 Å². The molecule has 0 aliphatic rings. The first-order valence-corrected chi connectivity index (χ1v) is 51.7.